The van der Waals surface area contributed by atoms with Gasteiger partial charge in [0.2, 0.25) is 0 Å². The first-order valence-corrected chi connectivity index (χ1v) is 11.7. The predicted molar refractivity (Wildman–Crippen MR) is 130 cm³/mol. The lowest BCUT2D eigenvalue weighted by atomic mass is 9.96. The van der Waals surface area contributed by atoms with Crippen LogP contribution in [-0.2, 0) is 6.42 Å². The Kier molecular flexibility index (Phi) is 7.94. The van der Waals surface area contributed by atoms with Crippen LogP contribution in [0.2, 0.25) is 0 Å². The van der Waals surface area contributed by atoms with E-state index in [0.717, 1.165) is 38.3 Å². The molecule has 0 radical (unpaired) electrons. The first-order chi connectivity index (χ1) is 15.7. The molecule has 1 atom stereocenters. The molecule has 1 heterocycles. The smallest absolute Gasteiger partial charge is 0.119 e. The number of nitrogens with zero attached hydrogens (tertiary/aromatic N) is 2. The second kappa shape index (κ2) is 11.3. The summed E-state index contributed by atoms with van der Waals surface area (Å²) >= 11 is 0. The number of aliphatic hydroxyl groups excluding tert-OH is 1. The summed E-state index contributed by atoms with van der Waals surface area (Å²) in [5.74, 6) is 0.819. The van der Waals surface area contributed by atoms with Crippen LogP contribution in [0.5, 0.6) is 5.75 Å². The zero-order valence-corrected chi connectivity index (χ0v) is 18.9. The predicted octanol–water partition coefficient (Wildman–Crippen LogP) is 4.40. The molecular formula is C28H34N2O2. The maximum absolute atomic E-state index is 10.5. The van der Waals surface area contributed by atoms with Gasteiger partial charge in [0.05, 0.1) is 6.04 Å². The number of rotatable bonds is 9. The number of aliphatic hydroxyl groups is 1. The minimum Gasteiger partial charge on any atom is -0.491 e. The number of benzene rings is 3. The fourth-order valence-electron chi connectivity index (χ4n) is 4.45. The van der Waals surface area contributed by atoms with Crippen molar-refractivity contribution in [3.8, 4) is 5.75 Å². The number of piperazine rings is 1. The average Bonchev–Trinajstić information content (AvgIpc) is 2.86. The van der Waals surface area contributed by atoms with Gasteiger partial charge >= 0.3 is 0 Å². The average molecular weight is 431 g/mol. The Morgan fingerprint density at radius 3 is 1.88 bits per heavy atom. The Morgan fingerprint density at radius 1 is 0.781 bits per heavy atom. The van der Waals surface area contributed by atoms with Crippen molar-refractivity contribution in [3.05, 3.63) is 102 Å². The quantitative estimate of drug-likeness (QED) is 0.546. The Bertz CT molecular complexity index is 883. The van der Waals surface area contributed by atoms with E-state index in [2.05, 4.69) is 89.5 Å². The minimum atomic E-state index is -0.494. The number of hydrogen-bond donors (Lipinski definition) is 1. The third-order valence-corrected chi connectivity index (χ3v) is 6.25. The normalized spacial score (nSPS) is 16.2. The summed E-state index contributed by atoms with van der Waals surface area (Å²) in [7, 11) is 0. The van der Waals surface area contributed by atoms with E-state index in [0.29, 0.717) is 13.2 Å². The Balaban J connectivity index is 1.30. The number of β-amino-alcohol motifs (C(OH)–C–C–N with tert-alkyl or cyclic N) is 1. The molecule has 168 valence electrons. The molecule has 1 aliphatic rings. The summed E-state index contributed by atoms with van der Waals surface area (Å²) in [5.41, 5.74) is 3.95. The summed E-state index contributed by atoms with van der Waals surface area (Å²) in [5, 5.41) is 10.5. The van der Waals surface area contributed by atoms with E-state index in [1.54, 1.807) is 0 Å². The van der Waals surface area contributed by atoms with Crippen LogP contribution in [0, 0.1) is 0 Å². The Labute approximate surface area is 192 Å². The van der Waals surface area contributed by atoms with Gasteiger partial charge in [-0.15, -0.1) is 0 Å². The summed E-state index contributed by atoms with van der Waals surface area (Å²) in [6.45, 7) is 6.93. The van der Waals surface area contributed by atoms with Crippen molar-refractivity contribution in [3.63, 3.8) is 0 Å². The van der Waals surface area contributed by atoms with E-state index in [-0.39, 0.29) is 6.04 Å². The second-order valence-electron chi connectivity index (χ2n) is 8.52. The summed E-state index contributed by atoms with van der Waals surface area (Å²) in [6.07, 6.45) is 0.524. The van der Waals surface area contributed by atoms with E-state index in [1.807, 2.05) is 12.1 Å². The molecule has 0 saturated carbocycles. The van der Waals surface area contributed by atoms with Crippen LogP contribution in [0.1, 0.15) is 29.7 Å². The molecule has 1 fully saturated rings. The third kappa shape index (κ3) is 5.98. The maximum Gasteiger partial charge on any atom is 0.119 e. The number of ether oxygens (including phenoxy) is 1. The molecule has 32 heavy (non-hydrogen) atoms. The van der Waals surface area contributed by atoms with Crippen LogP contribution in [0.4, 0.5) is 0 Å². The van der Waals surface area contributed by atoms with Gasteiger partial charge in [-0.2, -0.15) is 0 Å². The molecule has 0 aromatic heterocycles. The fraction of sp³-hybridized carbons (Fsp3) is 0.357. The Hall–Kier alpha value is -2.66. The zero-order valence-electron chi connectivity index (χ0n) is 18.9. The fourth-order valence-corrected chi connectivity index (χ4v) is 4.45. The summed E-state index contributed by atoms with van der Waals surface area (Å²) in [4.78, 5) is 4.90. The largest absolute Gasteiger partial charge is 0.491 e. The molecule has 0 spiro atoms. The molecule has 0 aliphatic carbocycles. The summed E-state index contributed by atoms with van der Waals surface area (Å²) in [6, 6.07) is 29.9. The van der Waals surface area contributed by atoms with Gasteiger partial charge in [0.15, 0.2) is 0 Å². The van der Waals surface area contributed by atoms with Crippen LogP contribution in [0.25, 0.3) is 0 Å². The molecule has 4 nitrogen and oxygen atoms in total. The first kappa shape index (κ1) is 22.5. The zero-order chi connectivity index (χ0) is 22.2. The van der Waals surface area contributed by atoms with Gasteiger partial charge in [-0.05, 0) is 35.2 Å². The van der Waals surface area contributed by atoms with Gasteiger partial charge in [0.25, 0.3) is 0 Å². The SMILES string of the molecule is CCc1ccc(OC[C@@H](O)CN2CCN(C(c3ccccc3)c3ccccc3)CC2)cc1. The van der Waals surface area contributed by atoms with Crippen LogP contribution in [-0.4, -0.2) is 60.3 Å². The van der Waals surface area contributed by atoms with E-state index in [1.165, 1.54) is 16.7 Å². The lowest BCUT2D eigenvalue weighted by molar-refractivity contribution is 0.0401. The lowest BCUT2D eigenvalue weighted by Crippen LogP contribution is -2.50. The highest BCUT2D eigenvalue weighted by molar-refractivity contribution is 5.32. The first-order valence-electron chi connectivity index (χ1n) is 11.7. The highest BCUT2D eigenvalue weighted by Crippen LogP contribution is 2.29. The van der Waals surface area contributed by atoms with Crippen LogP contribution in [0.15, 0.2) is 84.9 Å². The second-order valence-corrected chi connectivity index (χ2v) is 8.52. The third-order valence-electron chi connectivity index (χ3n) is 6.25. The van der Waals surface area contributed by atoms with Crippen molar-refractivity contribution < 1.29 is 9.84 Å². The van der Waals surface area contributed by atoms with Gasteiger partial charge in [0.1, 0.15) is 18.5 Å². The number of hydrogen-bond acceptors (Lipinski definition) is 4. The highest BCUT2D eigenvalue weighted by Gasteiger charge is 2.27. The highest BCUT2D eigenvalue weighted by atomic mass is 16.5. The molecular weight excluding hydrogens is 396 g/mol. The molecule has 4 rings (SSSR count). The van der Waals surface area contributed by atoms with Crippen LogP contribution in [0.3, 0.4) is 0 Å². The molecule has 0 bridgehead atoms. The van der Waals surface area contributed by atoms with E-state index in [9.17, 15) is 5.11 Å². The summed E-state index contributed by atoms with van der Waals surface area (Å²) < 4.78 is 5.80. The van der Waals surface area contributed by atoms with Crippen molar-refractivity contribution in [2.45, 2.75) is 25.5 Å². The van der Waals surface area contributed by atoms with E-state index < -0.39 is 6.10 Å². The topological polar surface area (TPSA) is 35.9 Å². The minimum absolute atomic E-state index is 0.263. The van der Waals surface area contributed by atoms with Crippen LogP contribution >= 0.6 is 0 Å². The maximum atomic E-state index is 10.5. The molecule has 3 aromatic carbocycles. The molecule has 1 saturated heterocycles. The van der Waals surface area contributed by atoms with Gasteiger partial charge < -0.3 is 9.84 Å². The van der Waals surface area contributed by atoms with Gasteiger partial charge in [-0.3, -0.25) is 9.80 Å². The van der Waals surface area contributed by atoms with Crippen LogP contribution < -0.4 is 4.74 Å². The van der Waals surface area contributed by atoms with Crippen molar-refractivity contribution in [1.82, 2.24) is 9.80 Å². The number of aryl methyl sites for hydroxylation is 1. The van der Waals surface area contributed by atoms with Gasteiger partial charge in [0, 0.05) is 32.7 Å². The lowest BCUT2D eigenvalue weighted by Gasteiger charge is -2.40. The van der Waals surface area contributed by atoms with Crippen molar-refractivity contribution in [2.75, 3.05) is 39.3 Å². The monoisotopic (exact) mass is 430 g/mol. The van der Waals surface area contributed by atoms with Gasteiger partial charge in [-0.1, -0.05) is 79.7 Å². The van der Waals surface area contributed by atoms with Crippen molar-refractivity contribution in [1.29, 1.82) is 0 Å². The van der Waals surface area contributed by atoms with E-state index in [4.69, 9.17) is 4.74 Å². The van der Waals surface area contributed by atoms with E-state index >= 15 is 0 Å². The molecule has 1 N–H and O–H groups in total. The van der Waals surface area contributed by atoms with Gasteiger partial charge in [-0.25, -0.2) is 0 Å². The van der Waals surface area contributed by atoms with Crippen molar-refractivity contribution >= 4 is 0 Å². The standard InChI is InChI=1S/C28H34N2O2/c1-2-23-13-15-27(16-14-23)32-22-26(31)21-29-17-19-30(20-18-29)28(24-9-5-3-6-10-24)25-11-7-4-8-12-25/h3-16,26,28,31H,2,17-22H2,1H3/t26-/m0/s1. The molecule has 4 heteroatoms. The molecule has 0 amide bonds. The molecule has 1 aliphatic heterocycles. The Morgan fingerprint density at radius 2 is 1.34 bits per heavy atom. The van der Waals surface area contributed by atoms with Crippen molar-refractivity contribution in [2.24, 2.45) is 0 Å². The molecule has 0 unspecified atom stereocenters. The molecule has 3 aromatic rings.